The third-order valence-corrected chi connectivity index (χ3v) is 1.49. The van der Waals surface area contributed by atoms with E-state index in [0.29, 0.717) is 5.75 Å². The number of halogens is 1. The number of benzene rings is 1. The fourth-order valence-electron chi connectivity index (χ4n) is 0.957. The van der Waals surface area contributed by atoms with Crippen LogP contribution in [0.3, 0.4) is 0 Å². The van der Waals surface area contributed by atoms with E-state index in [0.717, 1.165) is 5.56 Å². The second-order valence-corrected chi connectivity index (χ2v) is 2.42. The van der Waals surface area contributed by atoms with Gasteiger partial charge in [-0.3, -0.25) is 4.79 Å². The maximum Gasteiger partial charge on any atom is 0.307 e. The molecule has 0 amide bonds. The molecular weight excluding hydrogens is 192 g/mol. The topological polar surface area (TPSA) is 46.5 Å². The number of hydrogen-bond acceptors (Lipinski definition) is 2. The van der Waals surface area contributed by atoms with E-state index in [1.165, 1.54) is 0 Å². The summed E-state index contributed by atoms with van der Waals surface area (Å²) in [4.78, 5) is 10.3. The second kappa shape index (κ2) is 5.43. The van der Waals surface area contributed by atoms with Gasteiger partial charge in [0, 0.05) is 0 Å². The highest BCUT2D eigenvalue weighted by molar-refractivity contribution is 5.85. The summed E-state index contributed by atoms with van der Waals surface area (Å²) < 4.78 is 4.94. The van der Waals surface area contributed by atoms with Gasteiger partial charge in [-0.05, 0) is 17.7 Å². The van der Waals surface area contributed by atoms with E-state index in [-0.39, 0.29) is 18.8 Å². The quantitative estimate of drug-likeness (QED) is 0.812. The van der Waals surface area contributed by atoms with Crippen LogP contribution >= 0.6 is 12.4 Å². The first-order valence-electron chi connectivity index (χ1n) is 3.57. The van der Waals surface area contributed by atoms with Crippen molar-refractivity contribution in [3.05, 3.63) is 29.8 Å². The molecule has 0 aromatic heterocycles. The van der Waals surface area contributed by atoms with Crippen LogP contribution in [-0.2, 0) is 11.2 Å². The standard InChI is InChI=1S/C9H10O3.ClH/c1-12-8-4-2-3-7(5-8)6-9(10)11;/h2-5H,6H2,1H3,(H,10,11);1H. The lowest BCUT2D eigenvalue weighted by molar-refractivity contribution is -0.136. The fraction of sp³-hybridized carbons (Fsp3) is 0.222. The Morgan fingerprint density at radius 1 is 1.54 bits per heavy atom. The Morgan fingerprint density at radius 3 is 2.77 bits per heavy atom. The summed E-state index contributed by atoms with van der Waals surface area (Å²) >= 11 is 0. The molecule has 0 radical (unpaired) electrons. The Balaban J connectivity index is 0.00000144. The summed E-state index contributed by atoms with van der Waals surface area (Å²) in [5, 5.41) is 8.49. The van der Waals surface area contributed by atoms with Crippen LogP contribution in [0.25, 0.3) is 0 Å². The zero-order valence-electron chi connectivity index (χ0n) is 7.19. The number of aliphatic carboxylic acids is 1. The van der Waals surface area contributed by atoms with Gasteiger partial charge in [-0.15, -0.1) is 12.4 Å². The van der Waals surface area contributed by atoms with Crippen molar-refractivity contribution in [2.45, 2.75) is 6.42 Å². The first-order chi connectivity index (χ1) is 5.72. The first kappa shape index (κ1) is 11.8. The molecule has 0 saturated carbocycles. The monoisotopic (exact) mass is 202 g/mol. The molecule has 0 aliphatic rings. The molecule has 0 aliphatic carbocycles. The van der Waals surface area contributed by atoms with Gasteiger partial charge in [0.25, 0.3) is 0 Å². The van der Waals surface area contributed by atoms with Crippen molar-refractivity contribution in [1.29, 1.82) is 0 Å². The van der Waals surface area contributed by atoms with Gasteiger partial charge in [0.1, 0.15) is 5.75 Å². The number of ether oxygens (including phenoxy) is 1. The summed E-state index contributed by atoms with van der Waals surface area (Å²) in [5.41, 5.74) is 0.752. The minimum Gasteiger partial charge on any atom is -0.497 e. The van der Waals surface area contributed by atoms with E-state index in [1.54, 1.807) is 31.4 Å². The molecule has 1 rings (SSSR count). The van der Waals surface area contributed by atoms with E-state index < -0.39 is 5.97 Å². The molecule has 72 valence electrons. The maximum atomic E-state index is 10.3. The van der Waals surface area contributed by atoms with Gasteiger partial charge in [-0.1, -0.05) is 12.1 Å². The van der Waals surface area contributed by atoms with E-state index in [4.69, 9.17) is 9.84 Å². The summed E-state index contributed by atoms with van der Waals surface area (Å²) in [7, 11) is 1.56. The Labute approximate surface area is 82.7 Å². The molecule has 1 aromatic carbocycles. The molecule has 0 spiro atoms. The summed E-state index contributed by atoms with van der Waals surface area (Å²) in [6, 6.07) is 7.03. The van der Waals surface area contributed by atoms with Gasteiger partial charge >= 0.3 is 5.97 Å². The van der Waals surface area contributed by atoms with Crippen LogP contribution in [0.1, 0.15) is 5.56 Å². The zero-order valence-corrected chi connectivity index (χ0v) is 8.00. The maximum absolute atomic E-state index is 10.3. The molecule has 1 aromatic rings. The van der Waals surface area contributed by atoms with Crippen LogP contribution in [0.15, 0.2) is 24.3 Å². The fourth-order valence-corrected chi connectivity index (χ4v) is 0.957. The SMILES string of the molecule is COc1cccc(CC(=O)O)c1.Cl. The van der Waals surface area contributed by atoms with Gasteiger partial charge < -0.3 is 9.84 Å². The van der Waals surface area contributed by atoms with Crippen LogP contribution in [0.4, 0.5) is 0 Å². The first-order valence-corrected chi connectivity index (χ1v) is 3.57. The van der Waals surface area contributed by atoms with Crippen molar-refractivity contribution in [3.63, 3.8) is 0 Å². The molecule has 1 N–H and O–H groups in total. The van der Waals surface area contributed by atoms with Crippen molar-refractivity contribution >= 4 is 18.4 Å². The number of carboxylic acids is 1. The third-order valence-electron chi connectivity index (χ3n) is 1.49. The minimum atomic E-state index is -0.830. The van der Waals surface area contributed by atoms with Gasteiger partial charge in [0.15, 0.2) is 0 Å². The molecule has 0 unspecified atom stereocenters. The van der Waals surface area contributed by atoms with Crippen molar-refractivity contribution in [3.8, 4) is 5.75 Å². The Kier molecular flexibility index (Phi) is 4.92. The lowest BCUT2D eigenvalue weighted by Gasteiger charge is -2.00. The van der Waals surface area contributed by atoms with Crippen LogP contribution in [0, 0.1) is 0 Å². The average Bonchev–Trinajstić information content (AvgIpc) is 2.03. The number of hydrogen-bond donors (Lipinski definition) is 1. The second-order valence-electron chi connectivity index (χ2n) is 2.42. The van der Waals surface area contributed by atoms with Crippen molar-refractivity contribution in [1.82, 2.24) is 0 Å². The lowest BCUT2D eigenvalue weighted by atomic mass is 10.1. The molecule has 0 aliphatic heterocycles. The van der Waals surface area contributed by atoms with Crippen molar-refractivity contribution in [2.24, 2.45) is 0 Å². The highest BCUT2D eigenvalue weighted by Crippen LogP contribution is 2.12. The Morgan fingerprint density at radius 2 is 2.23 bits per heavy atom. The van der Waals surface area contributed by atoms with E-state index >= 15 is 0 Å². The summed E-state index contributed by atoms with van der Waals surface area (Å²) in [6.45, 7) is 0. The van der Waals surface area contributed by atoms with Gasteiger partial charge in [0.05, 0.1) is 13.5 Å². The normalized spacial score (nSPS) is 8.69. The molecule has 0 saturated heterocycles. The summed E-state index contributed by atoms with van der Waals surface area (Å²) in [5.74, 6) is -0.142. The van der Waals surface area contributed by atoms with Crippen LogP contribution in [0.5, 0.6) is 5.75 Å². The third kappa shape index (κ3) is 3.80. The van der Waals surface area contributed by atoms with Crippen LogP contribution < -0.4 is 4.74 Å². The molecular formula is C9H11ClO3. The Bertz CT molecular complexity index is 286. The van der Waals surface area contributed by atoms with E-state index in [1.807, 2.05) is 0 Å². The van der Waals surface area contributed by atoms with Gasteiger partial charge in [0.2, 0.25) is 0 Å². The van der Waals surface area contributed by atoms with Gasteiger partial charge in [-0.25, -0.2) is 0 Å². The molecule has 0 bridgehead atoms. The van der Waals surface area contributed by atoms with Gasteiger partial charge in [-0.2, -0.15) is 0 Å². The molecule has 0 atom stereocenters. The zero-order chi connectivity index (χ0) is 8.97. The van der Waals surface area contributed by atoms with Crippen LogP contribution in [0.2, 0.25) is 0 Å². The summed E-state index contributed by atoms with van der Waals surface area (Å²) in [6.07, 6.45) is 0.0389. The number of rotatable bonds is 3. The predicted molar refractivity (Wildman–Crippen MR) is 51.6 cm³/mol. The molecule has 13 heavy (non-hydrogen) atoms. The highest BCUT2D eigenvalue weighted by atomic mass is 35.5. The van der Waals surface area contributed by atoms with Crippen molar-refractivity contribution < 1.29 is 14.6 Å². The smallest absolute Gasteiger partial charge is 0.307 e. The molecule has 4 heteroatoms. The number of methoxy groups -OCH3 is 1. The van der Waals surface area contributed by atoms with Crippen LogP contribution in [-0.4, -0.2) is 18.2 Å². The number of carboxylic acid groups (broad SMARTS) is 1. The molecule has 3 nitrogen and oxygen atoms in total. The Hall–Kier alpha value is -1.22. The average molecular weight is 203 g/mol. The van der Waals surface area contributed by atoms with Crippen molar-refractivity contribution in [2.75, 3.05) is 7.11 Å². The predicted octanol–water partition coefficient (Wildman–Crippen LogP) is 1.74. The molecule has 0 heterocycles. The van der Waals surface area contributed by atoms with E-state index in [2.05, 4.69) is 0 Å². The van der Waals surface area contributed by atoms with E-state index in [9.17, 15) is 4.79 Å². The largest absolute Gasteiger partial charge is 0.497 e. The number of carbonyl (C=O) groups is 1. The minimum absolute atomic E-state index is 0. The highest BCUT2D eigenvalue weighted by Gasteiger charge is 2.00. The molecule has 0 fully saturated rings. The lowest BCUT2D eigenvalue weighted by Crippen LogP contribution is -1.99.